The van der Waals surface area contributed by atoms with E-state index in [1.807, 2.05) is 0 Å². The van der Waals surface area contributed by atoms with E-state index in [-0.39, 0.29) is 0 Å². The van der Waals surface area contributed by atoms with Crippen molar-refractivity contribution >= 4 is 0 Å². The summed E-state index contributed by atoms with van der Waals surface area (Å²) in [5.74, 6) is 0.740. The van der Waals surface area contributed by atoms with Gasteiger partial charge in [0.25, 0.3) is 0 Å². The summed E-state index contributed by atoms with van der Waals surface area (Å²) < 4.78 is 0. The van der Waals surface area contributed by atoms with Gasteiger partial charge in [-0.15, -0.1) is 0 Å². The van der Waals surface area contributed by atoms with Gasteiger partial charge in [0, 0.05) is 6.04 Å². The molecule has 0 radical (unpaired) electrons. The van der Waals surface area contributed by atoms with Gasteiger partial charge in [0.05, 0.1) is 0 Å². The largest absolute Gasteiger partial charge is 0.314 e. The van der Waals surface area contributed by atoms with E-state index in [2.05, 4.69) is 70.3 Å². The Labute approximate surface area is 119 Å². The zero-order valence-electron chi connectivity index (χ0n) is 13.4. The van der Waals surface area contributed by atoms with Gasteiger partial charge in [-0.25, -0.2) is 0 Å². The molecule has 19 heavy (non-hydrogen) atoms. The summed E-state index contributed by atoms with van der Waals surface area (Å²) >= 11 is 0. The highest BCUT2D eigenvalue weighted by Gasteiger charge is 2.16. The van der Waals surface area contributed by atoms with Crippen molar-refractivity contribution in [2.24, 2.45) is 11.3 Å². The minimum Gasteiger partial charge on any atom is -0.314 e. The molecule has 0 aliphatic carbocycles. The summed E-state index contributed by atoms with van der Waals surface area (Å²) in [4.78, 5) is 0. The maximum Gasteiger partial charge on any atom is 0.00104 e. The average molecular weight is 261 g/mol. The van der Waals surface area contributed by atoms with Gasteiger partial charge in [-0.1, -0.05) is 65.0 Å². The average Bonchev–Trinajstić information content (AvgIpc) is 2.33. The summed E-state index contributed by atoms with van der Waals surface area (Å²) in [5.41, 5.74) is 1.90. The van der Waals surface area contributed by atoms with E-state index in [9.17, 15) is 0 Å². The molecule has 1 N–H and O–H groups in total. The van der Waals surface area contributed by atoms with E-state index in [0.29, 0.717) is 11.5 Å². The Bertz CT molecular complexity index is 334. The maximum atomic E-state index is 3.60. The third-order valence-corrected chi connectivity index (χ3v) is 3.48. The van der Waals surface area contributed by atoms with Crippen molar-refractivity contribution in [3.05, 3.63) is 35.9 Å². The molecule has 1 aromatic rings. The van der Waals surface area contributed by atoms with Crippen LogP contribution in [0.25, 0.3) is 0 Å². The van der Waals surface area contributed by atoms with Crippen molar-refractivity contribution in [2.45, 2.75) is 59.9 Å². The lowest BCUT2D eigenvalue weighted by molar-refractivity contribution is 0.310. The third-order valence-electron chi connectivity index (χ3n) is 3.48. The SMILES string of the molecule is CC(C)NCC(CCC(C)(C)C)Cc1ccccc1. The lowest BCUT2D eigenvalue weighted by Crippen LogP contribution is -2.30. The topological polar surface area (TPSA) is 12.0 Å². The quantitative estimate of drug-likeness (QED) is 0.752. The zero-order valence-corrected chi connectivity index (χ0v) is 13.4. The number of hydrogen-bond acceptors (Lipinski definition) is 1. The Morgan fingerprint density at radius 1 is 1.05 bits per heavy atom. The van der Waals surface area contributed by atoms with E-state index < -0.39 is 0 Å². The van der Waals surface area contributed by atoms with Gasteiger partial charge in [0.1, 0.15) is 0 Å². The maximum absolute atomic E-state index is 3.60. The first-order valence-corrected chi connectivity index (χ1v) is 7.64. The highest BCUT2D eigenvalue weighted by Crippen LogP contribution is 2.25. The van der Waals surface area contributed by atoms with Crippen molar-refractivity contribution in [1.82, 2.24) is 5.32 Å². The molecular weight excluding hydrogens is 230 g/mol. The smallest absolute Gasteiger partial charge is 0.00104 e. The van der Waals surface area contributed by atoms with E-state index >= 15 is 0 Å². The minimum atomic E-state index is 0.437. The second-order valence-corrected chi connectivity index (χ2v) is 7.22. The van der Waals surface area contributed by atoms with Crippen LogP contribution in [0.15, 0.2) is 30.3 Å². The second kappa shape index (κ2) is 7.69. The molecule has 0 aliphatic heterocycles. The van der Waals surface area contributed by atoms with Crippen LogP contribution >= 0.6 is 0 Å². The van der Waals surface area contributed by atoms with Crippen LogP contribution in [0, 0.1) is 11.3 Å². The predicted molar refractivity (Wildman–Crippen MR) is 85.5 cm³/mol. The summed E-state index contributed by atoms with van der Waals surface area (Å²) in [5, 5.41) is 3.60. The van der Waals surface area contributed by atoms with Gasteiger partial charge in [-0.3, -0.25) is 0 Å². The van der Waals surface area contributed by atoms with Crippen molar-refractivity contribution < 1.29 is 0 Å². The molecule has 1 rings (SSSR count). The van der Waals surface area contributed by atoms with Crippen LogP contribution in [-0.4, -0.2) is 12.6 Å². The van der Waals surface area contributed by atoms with Gasteiger partial charge in [-0.2, -0.15) is 0 Å². The van der Waals surface area contributed by atoms with Crippen LogP contribution < -0.4 is 5.32 Å². The number of hydrogen-bond donors (Lipinski definition) is 1. The van der Waals surface area contributed by atoms with Crippen LogP contribution in [0.5, 0.6) is 0 Å². The monoisotopic (exact) mass is 261 g/mol. The van der Waals surface area contributed by atoms with Crippen molar-refractivity contribution in [3.8, 4) is 0 Å². The molecule has 0 aliphatic rings. The second-order valence-electron chi connectivity index (χ2n) is 7.22. The molecule has 0 aromatic heterocycles. The molecule has 0 heterocycles. The molecule has 0 saturated heterocycles. The Balaban J connectivity index is 2.53. The lowest BCUT2D eigenvalue weighted by atomic mass is 9.84. The first kappa shape index (κ1) is 16.2. The first-order valence-electron chi connectivity index (χ1n) is 7.64. The Morgan fingerprint density at radius 3 is 2.21 bits per heavy atom. The fourth-order valence-electron chi connectivity index (χ4n) is 2.26. The highest BCUT2D eigenvalue weighted by molar-refractivity contribution is 5.15. The van der Waals surface area contributed by atoms with Crippen LogP contribution in [0.3, 0.4) is 0 Å². The molecular formula is C18H31N. The molecule has 0 amide bonds. The molecule has 1 heteroatoms. The zero-order chi connectivity index (χ0) is 14.3. The van der Waals surface area contributed by atoms with Gasteiger partial charge in [0.2, 0.25) is 0 Å². The van der Waals surface area contributed by atoms with Gasteiger partial charge in [-0.05, 0) is 42.7 Å². The van der Waals surface area contributed by atoms with Crippen LogP contribution in [0.1, 0.15) is 53.0 Å². The molecule has 1 aromatic carbocycles. The van der Waals surface area contributed by atoms with E-state index in [1.165, 1.54) is 24.8 Å². The molecule has 108 valence electrons. The van der Waals surface area contributed by atoms with Crippen molar-refractivity contribution in [2.75, 3.05) is 6.54 Å². The van der Waals surface area contributed by atoms with Crippen molar-refractivity contribution in [1.29, 1.82) is 0 Å². The Kier molecular flexibility index (Phi) is 6.57. The Hall–Kier alpha value is -0.820. The molecule has 0 bridgehead atoms. The standard InChI is InChI=1S/C18H31N/c1-15(2)19-14-17(11-12-18(3,4)5)13-16-9-7-6-8-10-16/h6-10,15,17,19H,11-14H2,1-5H3. The van der Waals surface area contributed by atoms with Gasteiger partial charge >= 0.3 is 0 Å². The minimum absolute atomic E-state index is 0.437. The third kappa shape index (κ3) is 8.05. The fraction of sp³-hybridized carbons (Fsp3) is 0.667. The van der Waals surface area contributed by atoms with E-state index in [4.69, 9.17) is 0 Å². The normalized spacial score (nSPS) is 13.8. The van der Waals surface area contributed by atoms with Gasteiger partial charge < -0.3 is 5.32 Å². The molecule has 0 spiro atoms. The summed E-state index contributed by atoms with van der Waals surface area (Å²) in [6.07, 6.45) is 3.79. The number of rotatable bonds is 7. The van der Waals surface area contributed by atoms with Crippen LogP contribution in [0.4, 0.5) is 0 Å². The van der Waals surface area contributed by atoms with E-state index in [0.717, 1.165) is 12.5 Å². The summed E-state index contributed by atoms with van der Waals surface area (Å²) in [6, 6.07) is 11.5. The molecule has 1 nitrogen and oxygen atoms in total. The summed E-state index contributed by atoms with van der Waals surface area (Å²) in [6.45, 7) is 12.6. The highest BCUT2D eigenvalue weighted by atomic mass is 14.9. The first-order chi connectivity index (χ1) is 8.87. The van der Waals surface area contributed by atoms with Crippen LogP contribution in [-0.2, 0) is 6.42 Å². The molecule has 1 unspecified atom stereocenters. The van der Waals surface area contributed by atoms with Crippen LogP contribution in [0.2, 0.25) is 0 Å². The fourth-order valence-corrected chi connectivity index (χ4v) is 2.26. The molecule has 0 fully saturated rings. The van der Waals surface area contributed by atoms with E-state index in [1.54, 1.807) is 0 Å². The molecule has 1 atom stereocenters. The number of benzene rings is 1. The predicted octanol–water partition coefficient (Wildman–Crippen LogP) is 4.67. The van der Waals surface area contributed by atoms with Gasteiger partial charge in [0.15, 0.2) is 0 Å². The summed E-state index contributed by atoms with van der Waals surface area (Å²) in [7, 11) is 0. The lowest BCUT2D eigenvalue weighted by Gasteiger charge is -2.24. The molecule has 0 saturated carbocycles. The number of nitrogens with one attached hydrogen (secondary N) is 1. The Morgan fingerprint density at radius 2 is 1.68 bits per heavy atom. The van der Waals surface area contributed by atoms with Crippen molar-refractivity contribution in [3.63, 3.8) is 0 Å².